The average molecular weight is 444 g/mol. The molecule has 3 aromatic heterocycles. The molecule has 1 N–H and O–H groups in total. The number of amides is 1. The molecule has 1 aliphatic carbocycles. The molecular weight excluding hydrogens is 420 g/mol. The first-order valence-electron chi connectivity index (χ1n) is 10.9. The quantitative estimate of drug-likeness (QED) is 0.405. The molecule has 3 heterocycles. The van der Waals surface area contributed by atoms with Crippen LogP contribution in [0.1, 0.15) is 38.3 Å². The molecule has 1 aliphatic rings. The van der Waals surface area contributed by atoms with Crippen LogP contribution in [0, 0.1) is 5.92 Å². The van der Waals surface area contributed by atoms with Gasteiger partial charge in [0.25, 0.3) is 0 Å². The van der Waals surface area contributed by atoms with Gasteiger partial charge in [-0.15, -0.1) is 0 Å². The minimum atomic E-state index is -0.121. The van der Waals surface area contributed by atoms with Crippen LogP contribution in [0.5, 0.6) is 17.5 Å². The number of hydrogen-bond acceptors (Lipinski definition) is 7. The number of oxazole rings is 1. The Labute approximate surface area is 191 Å². The summed E-state index contributed by atoms with van der Waals surface area (Å²) >= 11 is 0. The highest BCUT2D eigenvalue weighted by Gasteiger charge is 2.22. The number of benzene rings is 1. The summed E-state index contributed by atoms with van der Waals surface area (Å²) in [5.41, 5.74) is 3.05. The number of hydrogen-bond donors (Lipinski definition) is 1. The van der Waals surface area contributed by atoms with Gasteiger partial charge in [0.15, 0.2) is 5.58 Å². The van der Waals surface area contributed by atoms with E-state index in [0.717, 1.165) is 29.0 Å². The SMILES string of the molecule is CC(=O)NC(C)c1ccc2nc(-c3ccc(Oc4cc(OCC5CC5)ccn4)nc3)oc2c1. The van der Waals surface area contributed by atoms with E-state index in [1.807, 2.05) is 37.3 Å². The fraction of sp³-hybridized carbons (Fsp3) is 0.280. The summed E-state index contributed by atoms with van der Waals surface area (Å²) in [4.78, 5) is 24.5. The van der Waals surface area contributed by atoms with Gasteiger partial charge in [-0.05, 0) is 55.5 Å². The third kappa shape index (κ3) is 5.11. The number of carbonyl (C=O) groups is 1. The Hall–Kier alpha value is -3.94. The zero-order chi connectivity index (χ0) is 22.8. The van der Waals surface area contributed by atoms with Gasteiger partial charge in [-0.1, -0.05) is 6.07 Å². The molecule has 1 amide bonds. The van der Waals surface area contributed by atoms with Crippen molar-refractivity contribution in [2.24, 2.45) is 5.92 Å². The average Bonchev–Trinajstić information content (AvgIpc) is 3.54. The van der Waals surface area contributed by atoms with Crippen LogP contribution in [0.25, 0.3) is 22.6 Å². The molecule has 8 heteroatoms. The van der Waals surface area contributed by atoms with Gasteiger partial charge in [0.1, 0.15) is 11.3 Å². The first kappa shape index (κ1) is 20.9. The van der Waals surface area contributed by atoms with Gasteiger partial charge in [-0.2, -0.15) is 0 Å². The predicted molar refractivity (Wildman–Crippen MR) is 122 cm³/mol. The van der Waals surface area contributed by atoms with E-state index < -0.39 is 0 Å². The molecule has 0 bridgehead atoms. The second-order valence-corrected chi connectivity index (χ2v) is 8.24. The normalized spacial score (nSPS) is 14.1. The molecule has 0 aliphatic heterocycles. The molecule has 33 heavy (non-hydrogen) atoms. The molecule has 0 radical (unpaired) electrons. The van der Waals surface area contributed by atoms with E-state index in [4.69, 9.17) is 13.9 Å². The zero-order valence-electron chi connectivity index (χ0n) is 18.4. The molecule has 1 atom stereocenters. The minimum Gasteiger partial charge on any atom is -0.493 e. The Bertz CT molecular complexity index is 1280. The monoisotopic (exact) mass is 444 g/mol. The van der Waals surface area contributed by atoms with Gasteiger partial charge >= 0.3 is 0 Å². The van der Waals surface area contributed by atoms with Gasteiger partial charge in [0.05, 0.1) is 18.2 Å². The molecule has 0 spiro atoms. The highest BCUT2D eigenvalue weighted by Crippen LogP contribution is 2.31. The Morgan fingerprint density at radius 3 is 2.79 bits per heavy atom. The molecule has 168 valence electrons. The maximum Gasteiger partial charge on any atom is 0.228 e. The first-order valence-corrected chi connectivity index (χ1v) is 10.9. The number of nitrogens with one attached hydrogen (secondary N) is 1. The Kier molecular flexibility index (Phi) is 5.64. The molecule has 1 aromatic carbocycles. The maximum atomic E-state index is 11.3. The molecule has 5 rings (SSSR count). The fourth-order valence-corrected chi connectivity index (χ4v) is 3.43. The summed E-state index contributed by atoms with van der Waals surface area (Å²) in [6.45, 7) is 4.15. The Morgan fingerprint density at radius 2 is 2.03 bits per heavy atom. The summed E-state index contributed by atoms with van der Waals surface area (Å²) in [7, 11) is 0. The lowest BCUT2D eigenvalue weighted by atomic mass is 10.1. The molecular formula is C25H24N4O4. The predicted octanol–water partition coefficient (Wildman–Crippen LogP) is 5.06. The van der Waals surface area contributed by atoms with E-state index in [1.165, 1.54) is 19.8 Å². The van der Waals surface area contributed by atoms with Crippen molar-refractivity contribution in [2.75, 3.05) is 6.61 Å². The van der Waals surface area contributed by atoms with Crippen LogP contribution in [-0.4, -0.2) is 27.5 Å². The zero-order valence-corrected chi connectivity index (χ0v) is 18.4. The Morgan fingerprint density at radius 1 is 1.15 bits per heavy atom. The number of aromatic nitrogens is 3. The number of fused-ring (bicyclic) bond motifs is 1. The minimum absolute atomic E-state index is 0.0815. The maximum absolute atomic E-state index is 11.3. The molecule has 0 saturated heterocycles. The second-order valence-electron chi connectivity index (χ2n) is 8.24. The van der Waals surface area contributed by atoms with E-state index in [2.05, 4.69) is 20.3 Å². The lowest BCUT2D eigenvalue weighted by Gasteiger charge is -2.12. The number of carbonyl (C=O) groups excluding carboxylic acids is 1. The van der Waals surface area contributed by atoms with Crippen molar-refractivity contribution in [3.8, 4) is 29.0 Å². The number of ether oxygens (including phenoxy) is 2. The fourth-order valence-electron chi connectivity index (χ4n) is 3.43. The number of rotatable bonds is 8. The smallest absolute Gasteiger partial charge is 0.228 e. The van der Waals surface area contributed by atoms with E-state index in [0.29, 0.717) is 29.2 Å². The third-order valence-electron chi connectivity index (χ3n) is 5.41. The van der Waals surface area contributed by atoms with Crippen LogP contribution in [-0.2, 0) is 4.79 Å². The summed E-state index contributed by atoms with van der Waals surface area (Å²) in [5, 5.41) is 2.87. The van der Waals surface area contributed by atoms with Crippen LogP contribution in [0.4, 0.5) is 0 Å². The summed E-state index contributed by atoms with van der Waals surface area (Å²) in [6.07, 6.45) is 5.78. The van der Waals surface area contributed by atoms with Crippen LogP contribution < -0.4 is 14.8 Å². The summed E-state index contributed by atoms with van der Waals surface area (Å²) < 4.78 is 17.5. The Balaban J connectivity index is 1.29. The van der Waals surface area contributed by atoms with Crippen molar-refractivity contribution >= 4 is 17.0 Å². The summed E-state index contributed by atoms with van der Waals surface area (Å²) in [5.74, 6) is 2.63. The molecule has 8 nitrogen and oxygen atoms in total. The van der Waals surface area contributed by atoms with Crippen LogP contribution in [0.15, 0.2) is 59.3 Å². The van der Waals surface area contributed by atoms with Crippen LogP contribution >= 0.6 is 0 Å². The standard InChI is InChI=1S/C25H24N4O4/c1-15(28-16(2)30)18-5-7-21-22(11-18)32-25(29-21)19-6-8-23(27-13-19)33-24-12-20(9-10-26-24)31-14-17-3-4-17/h5-13,15,17H,3-4,14H2,1-2H3,(H,28,30). The van der Waals surface area contributed by atoms with Gasteiger partial charge in [0.2, 0.25) is 23.6 Å². The molecule has 1 fully saturated rings. The van der Waals surface area contributed by atoms with E-state index >= 15 is 0 Å². The van der Waals surface area contributed by atoms with Crippen molar-refractivity contribution < 1.29 is 18.7 Å². The van der Waals surface area contributed by atoms with Crippen molar-refractivity contribution in [3.63, 3.8) is 0 Å². The van der Waals surface area contributed by atoms with Gasteiger partial charge in [-0.3, -0.25) is 4.79 Å². The molecule has 1 unspecified atom stereocenters. The summed E-state index contributed by atoms with van der Waals surface area (Å²) in [6, 6.07) is 12.7. The van der Waals surface area contributed by atoms with Crippen molar-refractivity contribution in [1.82, 2.24) is 20.3 Å². The molecule has 4 aromatic rings. The van der Waals surface area contributed by atoms with Crippen molar-refractivity contribution in [3.05, 3.63) is 60.4 Å². The number of pyridine rings is 2. The van der Waals surface area contributed by atoms with E-state index in [1.54, 1.807) is 24.5 Å². The second kappa shape index (κ2) is 8.90. The number of nitrogens with zero attached hydrogens (tertiary/aromatic N) is 3. The van der Waals surface area contributed by atoms with E-state index in [-0.39, 0.29) is 11.9 Å². The lowest BCUT2D eigenvalue weighted by molar-refractivity contribution is -0.119. The van der Waals surface area contributed by atoms with Crippen molar-refractivity contribution in [2.45, 2.75) is 32.7 Å². The van der Waals surface area contributed by atoms with E-state index in [9.17, 15) is 4.79 Å². The highest BCUT2D eigenvalue weighted by atomic mass is 16.5. The van der Waals surface area contributed by atoms with Crippen molar-refractivity contribution in [1.29, 1.82) is 0 Å². The van der Waals surface area contributed by atoms with Crippen LogP contribution in [0.2, 0.25) is 0 Å². The van der Waals surface area contributed by atoms with Gasteiger partial charge in [-0.25, -0.2) is 15.0 Å². The van der Waals surface area contributed by atoms with Crippen LogP contribution in [0.3, 0.4) is 0 Å². The highest BCUT2D eigenvalue weighted by molar-refractivity contribution is 5.77. The van der Waals surface area contributed by atoms with Gasteiger partial charge in [0, 0.05) is 31.5 Å². The first-order chi connectivity index (χ1) is 16.0. The largest absolute Gasteiger partial charge is 0.493 e. The molecule has 1 saturated carbocycles. The van der Waals surface area contributed by atoms with Gasteiger partial charge < -0.3 is 19.2 Å². The third-order valence-corrected chi connectivity index (χ3v) is 5.41. The topological polar surface area (TPSA) is 99.4 Å². The lowest BCUT2D eigenvalue weighted by Crippen LogP contribution is -2.23.